The zero-order valence-corrected chi connectivity index (χ0v) is 28.7. The van der Waals surface area contributed by atoms with E-state index in [4.69, 9.17) is 19.9 Å². The van der Waals surface area contributed by atoms with Gasteiger partial charge < -0.3 is 41.2 Å². The maximum atomic E-state index is 13.3. The van der Waals surface area contributed by atoms with E-state index in [1.165, 1.54) is 12.2 Å². The number of nitrogens with one attached hydrogen (secondary N) is 4. The molecule has 6 N–H and O–H groups in total. The third-order valence-electron chi connectivity index (χ3n) is 7.67. The van der Waals surface area contributed by atoms with E-state index in [-0.39, 0.29) is 51.9 Å². The van der Waals surface area contributed by atoms with Gasteiger partial charge in [-0.1, -0.05) is 32.9 Å². The molecule has 16 heteroatoms. The highest BCUT2D eigenvalue weighted by Gasteiger charge is 2.30. The van der Waals surface area contributed by atoms with Gasteiger partial charge in [-0.3, -0.25) is 28.9 Å². The number of anilines is 1. The van der Waals surface area contributed by atoms with Crippen LogP contribution in [0.2, 0.25) is 0 Å². The summed E-state index contributed by atoms with van der Waals surface area (Å²) in [4.78, 5) is 86.6. The largest absolute Gasteiger partial charge is 0.460 e. The molecule has 1 unspecified atom stereocenters. The van der Waals surface area contributed by atoms with Crippen molar-refractivity contribution in [3.05, 3.63) is 42.0 Å². The van der Waals surface area contributed by atoms with E-state index >= 15 is 0 Å². The summed E-state index contributed by atoms with van der Waals surface area (Å²) < 4.78 is 15.8. The quantitative estimate of drug-likeness (QED) is 0.0758. The van der Waals surface area contributed by atoms with Crippen molar-refractivity contribution in [1.29, 1.82) is 0 Å². The first kappa shape index (κ1) is 40.2. The number of benzene rings is 1. The lowest BCUT2D eigenvalue weighted by Gasteiger charge is -2.25. The van der Waals surface area contributed by atoms with Gasteiger partial charge in [0.1, 0.15) is 25.3 Å². The number of urea groups is 1. The molecule has 0 bridgehead atoms. The molecule has 0 spiro atoms. The van der Waals surface area contributed by atoms with Crippen LogP contribution in [0.4, 0.5) is 15.3 Å². The zero-order chi connectivity index (χ0) is 36.6. The average Bonchev–Trinajstić information content (AvgIpc) is 3.37. The lowest BCUT2D eigenvalue weighted by atomic mass is 9.91. The number of imide groups is 1. The van der Waals surface area contributed by atoms with Crippen molar-refractivity contribution < 1.29 is 47.8 Å². The van der Waals surface area contributed by atoms with Gasteiger partial charge >= 0.3 is 18.1 Å². The fourth-order valence-corrected chi connectivity index (χ4v) is 4.26. The van der Waals surface area contributed by atoms with Crippen LogP contribution >= 0.6 is 0 Å². The van der Waals surface area contributed by atoms with Crippen LogP contribution in [0, 0.1) is 11.3 Å². The first-order valence-corrected chi connectivity index (χ1v) is 16.1. The normalized spacial score (nSPS) is 13.9. The number of amides is 7. The van der Waals surface area contributed by atoms with Gasteiger partial charge in [-0.2, -0.15) is 0 Å². The van der Waals surface area contributed by atoms with Crippen LogP contribution < -0.4 is 27.0 Å². The Labute approximate surface area is 285 Å². The van der Waals surface area contributed by atoms with Crippen LogP contribution in [0.5, 0.6) is 0 Å². The maximum Gasteiger partial charge on any atom is 0.407 e. The number of hydrogen-bond acceptors (Lipinski definition) is 10. The lowest BCUT2D eigenvalue weighted by molar-refractivity contribution is -0.155. The second kappa shape index (κ2) is 19.7. The first-order chi connectivity index (χ1) is 23.1. The van der Waals surface area contributed by atoms with Crippen molar-refractivity contribution in [3.63, 3.8) is 0 Å². The van der Waals surface area contributed by atoms with Crippen molar-refractivity contribution in [1.82, 2.24) is 20.9 Å². The molecule has 0 saturated heterocycles. The predicted molar refractivity (Wildman–Crippen MR) is 177 cm³/mol. The Hall–Kier alpha value is -4.99. The van der Waals surface area contributed by atoms with E-state index in [1.807, 2.05) is 20.8 Å². The topological polar surface area (TPSA) is 225 Å². The van der Waals surface area contributed by atoms with Crippen molar-refractivity contribution in [2.24, 2.45) is 17.1 Å². The summed E-state index contributed by atoms with van der Waals surface area (Å²) >= 11 is 0. The van der Waals surface area contributed by atoms with Gasteiger partial charge in [0.2, 0.25) is 11.8 Å². The highest BCUT2D eigenvalue weighted by atomic mass is 16.6. The Bertz CT molecular complexity index is 1340. The third kappa shape index (κ3) is 13.9. The highest BCUT2D eigenvalue weighted by Crippen LogP contribution is 2.22. The van der Waals surface area contributed by atoms with E-state index in [9.17, 15) is 33.6 Å². The lowest BCUT2D eigenvalue weighted by Crippen LogP contribution is -2.54. The van der Waals surface area contributed by atoms with E-state index < -0.39 is 59.2 Å². The van der Waals surface area contributed by atoms with Gasteiger partial charge in [-0.15, -0.1) is 0 Å². The summed E-state index contributed by atoms with van der Waals surface area (Å²) in [6.45, 7) is 9.11. The Morgan fingerprint density at radius 2 is 1.55 bits per heavy atom. The molecule has 0 saturated carbocycles. The molecule has 2 rings (SSSR count). The Balaban J connectivity index is 1.93. The van der Waals surface area contributed by atoms with Gasteiger partial charge in [-0.05, 0) is 56.7 Å². The number of alkyl carbamates (subject to hydrolysis) is 1. The monoisotopic (exact) mass is 688 g/mol. The second-order valence-electron chi connectivity index (χ2n) is 12.3. The SMILES string of the molecule is CCC(C)(C)C(=O)OCc1ccc(NC(=O)[C@H](CCCNC(N)=O)NC(=O)C(NC(=O)OCCOCCN2C(=O)C=CC2=O)C(C)C)cc1. The van der Waals surface area contributed by atoms with E-state index in [0.29, 0.717) is 18.5 Å². The van der Waals surface area contributed by atoms with Gasteiger partial charge in [0.25, 0.3) is 11.8 Å². The molecule has 2 atom stereocenters. The summed E-state index contributed by atoms with van der Waals surface area (Å²) in [5, 5.41) is 10.4. The molecule has 49 heavy (non-hydrogen) atoms. The van der Waals surface area contributed by atoms with Crippen LogP contribution in [0.25, 0.3) is 0 Å². The summed E-state index contributed by atoms with van der Waals surface area (Å²) in [5.41, 5.74) is 5.68. The maximum absolute atomic E-state index is 13.3. The number of rotatable bonds is 20. The number of nitrogens with zero attached hydrogens (tertiary/aromatic N) is 1. The molecule has 16 nitrogen and oxygen atoms in total. The molecule has 0 aliphatic carbocycles. The number of hydrogen-bond donors (Lipinski definition) is 5. The molecule has 0 aromatic heterocycles. The van der Waals surface area contributed by atoms with Crippen molar-refractivity contribution in [2.75, 3.05) is 38.2 Å². The fraction of sp³-hybridized carbons (Fsp3) is 0.545. The molecular weight excluding hydrogens is 640 g/mol. The van der Waals surface area contributed by atoms with Gasteiger partial charge in [0.05, 0.1) is 25.2 Å². The number of carbonyl (C=O) groups excluding carboxylic acids is 7. The molecule has 1 aliphatic heterocycles. The van der Waals surface area contributed by atoms with E-state index in [0.717, 1.165) is 10.5 Å². The number of esters is 1. The van der Waals surface area contributed by atoms with Crippen molar-refractivity contribution >= 4 is 47.4 Å². The molecule has 7 amide bonds. The number of primary amides is 1. The molecular formula is C33H48N6O10. The van der Waals surface area contributed by atoms with Crippen LogP contribution in [-0.2, 0) is 44.8 Å². The molecule has 1 aliphatic rings. The zero-order valence-electron chi connectivity index (χ0n) is 28.7. The van der Waals surface area contributed by atoms with Gasteiger partial charge in [0.15, 0.2) is 0 Å². The smallest absolute Gasteiger partial charge is 0.407 e. The van der Waals surface area contributed by atoms with E-state index in [1.54, 1.807) is 38.1 Å². The van der Waals surface area contributed by atoms with E-state index in [2.05, 4.69) is 21.3 Å². The molecule has 1 heterocycles. The summed E-state index contributed by atoms with van der Waals surface area (Å²) in [6, 6.07) is 3.85. The Kier molecular flexibility index (Phi) is 16.2. The van der Waals surface area contributed by atoms with Gasteiger partial charge in [-0.25, -0.2) is 9.59 Å². The molecule has 270 valence electrons. The number of carbonyl (C=O) groups is 7. The molecule has 1 aromatic carbocycles. The standard InChI is InChI=1S/C33H48N6O10/c1-6-33(4,5)30(44)49-20-22-9-11-23(12-10-22)36-28(42)24(8-7-15-35-31(34)45)37-29(43)27(21(2)3)38-32(46)48-19-18-47-17-16-39-25(40)13-14-26(39)41/h9-14,21,24,27H,6-8,15-20H2,1-5H3,(H,36,42)(H,37,43)(H,38,46)(H3,34,35,45)/t24-,27?/m0/s1. The minimum atomic E-state index is -1.06. The number of ether oxygens (including phenoxy) is 3. The predicted octanol–water partition coefficient (Wildman–Crippen LogP) is 1.73. The molecule has 0 radical (unpaired) electrons. The van der Waals surface area contributed by atoms with Crippen LogP contribution in [0.15, 0.2) is 36.4 Å². The molecule has 1 aromatic rings. The van der Waals surface area contributed by atoms with Crippen LogP contribution in [0.1, 0.15) is 59.4 Å². The summed E-state index contributed by atoms with van der Waals surface area (Å²) in [7, 11) is 0. The fourth-order valence-electron chi connectivity index (χ4n) is 4.26. The summed E-state index contributed by atoms with van der Waals surface area (Å²) in [6.07, 6.45) is 2.53. The minimum absolute atomic E-state index is 0.0135. The van der Waals surface area contributed by atoms with Crippen LogP contribution in [-0.4, -0.2) is 91.6 Å². The third-order valence-corrected chi connectivity index (χ3v) is 7.67. The minimum Gasteiger partial charge on any atom is -0.460 e. The van der Waals surface area contributed by atoms with Gasteiger partial charge in [0, 0.05) is 24.4 Å². The highest BCUT2D eigenvalue weighted by molar-refractivity contribution is 6.12. The summed E-state index contributed by atoms with van der Waals surface area (Å²) in [5.74, 6) is -2.72. The average molecular weight is 689 g/mol. The van der Waals surface area contributed by atoms with Crippen LogP contribution in [0.3, 0.4) is 0 Å². The van der Waals surface area contributed by atoms with Crippen molar-refractivity contribution in [3.8, 4) is 0 Å². The molecule has 0 fully saturated rings. The Morgan fingerprint density at radius 3 is 2.14 bits per heavy atom. The Morgan fingerprint density at radius 1 is 0.898 bits per heavy atom. The first-order valence-electron chi connectivity index (χ1n) is 16.1. The second-order valence-corrected chi connectivity index (χ2v) is 12.3. The van der Waals surface area contributed by atoms with Crippen molar-refractivity contribution in [2.45, 2.75) is 72.6 Å². The number of nitrogens with two attached hydrogens (primary N) is 1.